The topological polar surface area (TPSA) is 0 Å². The number of hydrogen-bond acceptors (Lipinski definition) is 0. The van der Waals surface area contributed by atoms with Crippen molar-refractivity contribution in [1.82, 2.24) is 0 Å². The molecule has 82 valence electrons. The number of benzene rings is 2. The van der Waals surface area contributed by atoms with E-state index in [2.05, 4.69) is 63.2 Å². The molecule has 0 atom stereocenters. The fourth-order valence-corrected chi connectivity index (χ4v) is 2.11. The second kappa shape index (κ2) is 4.52. The maximum absolute atomic E-state index is 2.27. The van der Waals surface area contributed by atoms with Gasteiger partial charge in [-0.05, 0) is 38.3 Å². The largest absolute Gasteiger partial charge is 0.0590 e. The second-order valence-corrected chi connectivity index (χ2v) is 4.66. The standard InChI is InChI=1S/C16H18/c1-12-4-6-15(7-5-12)11-16-9-13(2)8-14(3)10-16/h4-10H,11H2,1-3H3. The zero-order chi connectivity index (χ0) is 11.5. The third kappa shape index (κ3) is 2.73. The molecule has 2 aromatic carbocycles. The van der Waals surface area contributed by atoms with E-state index in [4.69, 9.17) is 0 Å². The molecule has 0 aliphatic heterocycles. The Labute approximate surface area is 97.9 Å². The Morgan fingerprint density at radius 1 is 0.625 bits per heavy atom. The van der Waals surface area contributed by atoms with Crippen LogP contribution in [-0.2, 0) is 6.42 Å². The Bertz CT molecular complexity index is 458. The fraction of sp³-hybridized carbons (Fsp3) is 0.250. The van der Waals surface area contributed by atoms with Gasteiger partial charge in [-0.3, -0.25) is 0 Å². The predicted octanol–water partition coefficient (Wildman–Crippen LogP) is 4.20. The lowest BCUT2D eigenvalue weighted by atomic mass is 10.0. The summed E-state index contributed by atoms with van der Waals surface area (Å²) in [5.74, 6) is 0. The van der Waals surface area contributed by atoms with Gasteiger partial charge in [-0.15, -0.1) is 0 Å². The smallest absolute Gasteiger partial charge is 0.00256 e. The van der Waals surface area contributed by atoms with Crippen LogP contribution in [0.5, 0.6) is 0 Å². The minimum atomic E-state index is 1.03. The Morgan fingerprint density at radius 2 is 1.19 bits per heavy atom. The number of hydrogen-bond donors (Lipinski definition) is 0. The van der Waals surface area contributed by atoms with E-state index >= 15 is 0 Å². The molecule has 0 fully saturated rings. The lowest BCUT2D eigenvalue weighted by Crippen LogP contribution is -1.90. The Kier molecular flexibility index (Phi) is 3.09. The third-order valence-corrected chi connectivity index (χ3v) is 2.81. The zero-order valence-corrected chi connectivity index (χ0v) is 10.2. The van der Waals surface area contributed by atoms with E-state index < -0.39 is 0 Å². The van der Waals surface area contributed by atoms with Crippen molar-refractivity contribution in [1.29, 1.82) is 0 Å². The van der Waals surface area contributed by atoms with Crippen molar-refractivity contribution in [2.24, 2.45) is 0 Å². The monoisotopic (exact) mass is 210 g/mol. The first-order valence-electron chi connectivity index (χ1n) is 5.76. The van der Waals surface area contributed by atoms with Crippen molar-refractivity contribution >= 4 is 0 Å². The fourth-order valence-electron chi connectivity index (χ4n) is 2.11. The Balaban J connectivity index is 2.23. The quantitative estimate of drug-likeness (QED) is 0.696. The molecule has 0 nitrogen and oxygen atoms in total. The first-order valence-corrected chi connectivity index (χ1v) is 5.76. The molecule has 16 heavy (non-hydrogen) atoms. The summed E-state index contributed by atoms with van der Waals surface area (Å²) in [6.07, 6.45) is 1.03. The van der Waals surface area contributed by atoms with Crippen molar-refractivity contribution < 1.29 is 0 Å². The minimum absolute atomic E-state index is 1.03. The molecule has 2 rings (SSSR count). The van der Waals surface area contributed by atoms with Gasteiger partial charge in [-0.1, -0.05) is 59.2 Å². The molecule has 0 aromatic heterocycles. The Hall–Kier alpha value is -1.56. The first kappa shape index (κ1) is 10.9. The van der Waals surface area contributed by atoms with Crippen LogP contribution in [0, 0.1) is 20.8 Å². The highest BCUT2D eigenvalue weighted by molar-refractivity contribution is 5.33. The van der Waals surface area contributed by atoms with E-state index in [0.717, 1.165) is 6.42 Å². The van der Waals surface area contributed by atoms with Gasteiger partial charge >= 0.3 is 0 Å². The molecule has 0 spiro atoms. The normalized spacial score (nSPS) is 10.4. The summed E-state index contributed by atoms with van der Waals surface area (Å²) in [4.78, 5) is 0. The van der Waals surface area contributed by atoms with E-state index in [0.29, 0.717) is 0 Å². The van der Waals surface area contributed by atoms with Crippen LogP contribution in [-0.4, -0.2) is 0 Å². The van der Waals surface area contributed by atoms with Gasteiger partial charge in [-0.25, -0.2) is 0 Å². The molecule has 0 heteroatoms. The van der Waals surface area contributed by atoms with E-state index in [9.17, 15) is 0 Å². The van der Waals surface area contributed by atoms with Gasteiger partial charge in [-0.2, -0.15) is 0 Å². The van der Waals surface area contributed by atoms with E-state index in [-0.39, 0.29) is 0 Å². The van der Waals surface area contributed by atoms with E-state index in [1.54, 1.807) is 0 Å². The summed E-state index contributed by atoms with van der Waals surface area (Å²) >= 11 is 0. The average Bonchev–Trinajstić information content (AvgIpc) is 2.20. The van der Waals surface area contributed by atoms with Gasteiger partial charge in [0.1, 0.15) is 0 Å². The third-order valence-electron chi connectivity index (χ3n) is 2.81. The van der Waals surface area contributed by atoms with Gasteiger partial charge in [0.25, 0.3) is 0 Å². The van der Waals surface area contributed by atoms with Gasteiger partial charge in [0.2, 0.25) is 0 Å². The summed E-state index contributed by atoms with van der Waals surface area (Å²) in [6, 6.07) is 15.5. The van der Waals surface area contributed by atoms with Crippen LogP contribution in [0.25, 0.3) is 0 Å². The van der Waals surface area contributed by atoms with Crippen LogP contribution < -0.4 is 0 Å². The maximum atomic E-state index is 2.27. The lowest BCUT2D eigenvalue weighted by molar-refractivity contribution is 1.16. The highest BCUT2D eigenvalue weighted by atomic mass is 14.0. The van der Waals surface area contributed by atoms with Crippen LogP contribution in [0.1, 0.15) is 27.8 Å². The molecule has 0 bridgehead atoms. The van der Waals surface area contributed by atoms with Gasteiger partial charge < -0.3 is 0 Å². The molecule has 0 aliphatic rings. The average molecular weight is 210 g/mol. The summed E-state index contributed by atoms with van der Waals surface area (Å²) < 4.78 is 0. The van der Waals surface area contributed by atoms with Crippen LogP contribution in [0.2, 0.25) is 0 Å². The Morgan fingerprint density at radius 3 is 1.75 bits per heavy atom. The minimum Gasteiger partial charge on any atom is -0.0590 e. The van der Waals surface area contributed by atoms with Crippen LogP contribution in [0.3, 0.4) is 0 Å². The molecule has 0 heterocycles. The molecule has 0 aliphatic carbocycles. The molecule has 0 radical (unpaired) electrons. The molecule has 0 saturated carbocycles. The molecule has 0 amide bonds. The van der Waals surface area contributed by atoms with Crippen molar-refractivity contribution in [3.05, 3.63) is 70.3 Å². The summed E-state index contributed by atoms with van der Waals surface area (Å²) in [5.41, 5.74) is 6.81. The van der Waals surface area contributed by atoms with Crippen molar-refractivity contribution in [3.8, 4) is 0 Å². The molecule has 0 N–H and O–H groups in total. The highest BCUT2D eigenvalue weighted by Crippen LogP contribution is 2.14. The zero-order valence-electron chi connectivity index (χ0n) is 10.2. The molecule has 2 aromatic rings. The summed E-state index contributed by atoms with van der Waals surface area (Å²) in [6.45, 7) is 6.44. The van der Waals surface area contributed by atoms with Crippen LogP contribution in [0.15, 0.2) is 42.5 Å². The predicted molar refractivity (Wildman–Crippen MR) is 69.9 cm³/mol. The SMILES string of the molecule is Cc1ccc(Cc2cc(C)cc(C)c2)cc1. The van der Waals surface area contributed by atoms with Gasteiger partial charge in [0, 0.05) is 0 Å². The van der Waals surface area contributed by atoms with Gasteiger partial charge in [0.05, 0.1) is 0 Å². The highest BCUT2D eigenvalue weighted by Gasteiger charge is 1.98. The van der Waals surface area contributed by atoms with Crippen molar-refractivity contribution in [3.63, 3.8) is 0 Å². The summed E-state index contributed by atoms with van der Waals surface area (Å²) in [5, 5.41) is 0. The van der Waals surface area contributed by atoms with Crippen molar-refractivity contribution in [2.75, 3.05) is 0 Å². The number of rotatable bonds is 2. The molecule has 0 unspecified atom stereocenters. The summed E-state index contributed by atoms with van der Waals surface area (Å²) in [7, 11) is 0. The molecular formula is C16H18. The van der Waals surface area contributed by atoms with Crippen molar-refractivity contribution in [2.45, 2.75) is 27.2 Å². The number of aryl methyl sites for hydroxylation is 3. The van der Waals surface area contributed by atoms with E-state index in [1.807, 2.05) is 0 Å². The lowest BCUT2D eigenvalue weighted by Gasteiger charge is -2.05. The molecular weight excluding hydrogens is 192 g/mol. The van der Waals surface area contributed by atoms with Crippen LogP contribution in [0.4, 0.5) is 0 Å². The first-order chi connectivity index (χ1) is 7.63. The van der Waals surface area contributed by atoms with Gasteiger partial charge in [0.15, 0.2) is 0 Å². The molecule has 0 saturated heterocycles. The maximum Gasteiger partial charge on any atom is -0.00256 e. The van der Waals surface area contributed by atoms with E-state index in [1.165, 1.54) is 27.8 Å². The van der Waals surface area contributed by atoms with Crippen LogP contribution >= 0.6 is 0 Å². The second-order valence-electron chi connectivity index (χ2n) is 4.66.